The number of para-hydroxylation sites is 1. The Morgan fingerprint density at radius 2 is 1.85 bits per heavy atom. The number of hydrogen-bond acceptors (Lipinski definition) is 4. The van der Waals surface area contributed by atoms with Crippen LogP contribution >= 0.6 is 0 Å². The van der Waals surface area contributed by atoms with Crippen LogP contribution in [-0.4, -0.2) is 44.5 Å². The highest BCUT2D eigenvalue weighted by Gasteiger charge is 2.26. The van der Waals surface area contributed by atoms with Gasteiger partial charge in [0.15, 0.2) is 0 Å². The lowest BCUT2D eigenvalue weighted by molar-refractivity contribution is 0.133. The van der Waals surface area contributed by atoms with Crippen molar-refractivity contribution in [3.63, 3.8) is 0 Å². The van der Waals surface area contributed by atoms with Gasteiger partial charge in [-0.05, 0) is 30.9 Å². The van der Waals surface area contributed by atoms with Crippen molar-refractivity contribution in [2.45, 2.75) is 12.8 Å². The molecule has 1 saturated heterocycles. The molecule has 0 radical (unpaired) electrons. The highest BCUT2D eigenvalue weighted by molar-refractivity contribution is 7.90. The van der Waals surface area contributed by atoms with Gasteiger partial charge in [0, 0.05) is 19.3 Å². The van der Waals surface area contributed by atoms with E-state index in [9.17, 15) is 13.2 Å². The van der Waals surface area contributed by atoms with Gasteiger partial charge in [0.2, 0.25) is 0 Å². The Labute approximate surface area is 119 Å². The monoisotopic (exact) mass is 297 g/mol. The molecule has 0 unspecified atom stereocenters. The summed E-state index contributed by atoms with van der Waals surface area (Å²) in [7, 11) is -2.94. The van der Waals surface area contributed by atoms with E-state index in [2.05, 4.69) is 0 Å². The van der Waals surface area contributed by atoms with Crippen molar-refractivity contribution in [2.75, 3.05) is 25.1 Å². The second-order valence-electron chi connectivity index (χ2n) is 5.20. The lowest BCUT2D eigenvalue weighted by Crippen LogP contribution is -2.41. The van der Waals surface area contributed by atoms with E-state index in [0.29, 0.717) is 31.7 Å². The van der Waals surface area contributed by atoms with E-state index < -0.39 is 9.84 Å². The van der Waals surface area contributed by atoms with Crippen LogP contribution in [0.4, 0.5) is 4.79 Å². The number of benzene rings is 1. The van der Waals surface area contributed by atoms with Crippen LogP contribution < -0.4 is 4.74 Å². The molecule has 0 bridgehead atoms. The first kappa shape index (κ1) is 14.8. The number of amides is 1. The standard InChI is InChI=1S/C14H19NO4S/c1-20(17,18)11-12-7-9-15(10-8-12)14(16)19-13-5-3-2-4-6-13/h2-6,12H,7-11H2,1H3. The molecule has 20 heavy (non-hydrogen) atoms. The van der Waals surface area contributed by atoms with Gasteiger partial charge in [0.25, 0.3) is 0 Å². The minimum Gasteiger partial charge on any atom is -0.410 e. The van der Waals surface area contributed by atoms with Crippen LogP contribution in [-0.2, 0) is 9.84 Å². The minimum absolute atomic E-state index is 0.144. The summed E-state index contributed by atoms with van der Waals surface area (Å²) in [6.07, 6.45) is 2.30. The van der Waals surface area contributed by atoms with E-state index in [0.717, 1.165) is 0 Å². The third-order valence-corrected chi connectivity index (χ3v) is 4.44. The predicted molar refractivity (Wildman–Crippen MR) is 76.5 cm³/mol. The Morgan fingerprint density at radius 1 is 1.25 bits per heavy atom. The van der Waals surface area contributed by atoms with Gasteiger partial charge in [-0.2, -0.15) is 0 Å². The molecule has 2 rings (SSSR count). The fourth-order valence-corrected chi connectivity index (χ4v) is 3.55. The number of piperidine rings is 1. The summed E-state index contributed by atoms with van der Waals surface area (Å²) >= 11 is 0. The maximum absolute atomic E-state index is 11.9. The van der Waals surface area contributed by atoms with E-state index in [1.165, 1.54) is 6.26 Å². The Balaban J connectivity index is 1.83. The van der Waals surface area contributed by atoms with Gasteiger partial charge in [-0.25, -0.2) is 13.2 Å². The largest absolute Gasteiger partial charge is 0.415 e. The minimum atomic E-state index is -2.94. The van der Waals surface area contributed by atoms with E-state index in [1.54, 1.807) is 29.2 Å². The maximum atomic E-state index is 11.9. The average molecular weight is 297 g/mol. The second-order valence-corrected chi connectivity index (χ2v) is 7.39. The zero-order valence-corrected chi connectivity index (χ0v) is 12.3. The topological polar surface area (TPSA) is 63.7 Å². The molecular weight excluding hydrogens is 278 g/mol. The number of likely N-dealkylation sites (tertiary alicyclic amines) is 1. The van der Waals surface area contributed by atoms with Gasteiger partial charge >= 0.3 is 6.09 Å². The van der Waals surface area contributed by atoms with Gasteiger partial charge in [0.05, 0.1) is 5.75 Å². The molecule has 5 nitrogen and oxygen atoms in total. The maximum Gasteiger partial charge on any atom is 0.415 e. The van der Waals surface area contributed by atoms with Crippen LogP contribution in [0.3, 0.4) is 0 Å². The molecule has 1 aliphatic heterocycles. The van der Waals surface area contributed by atoms with Crippen molar-refractivity contribution in [1.82, 2.24) is 4.90 Å². The first-order valence-electron chi connectivity index (χ1n) is 6.63. The fourth-order valence-electron chi connectivity index (χ4n) is 2.36. The highest BCUT2D eigenvalue weighted by atomic mass is 32.2. The zero-order valence-electron chi connectivity index (χ0n) is 11.5. The third-order valence-electron chi connectivity index (χ3n) is 3.36. The van der Waals surface area contributed by atoms with Gasteiger partial charge in [-0.15, -0.1) is 0 Å². The van der Waals surface area contributed by atoms with E-state index in [-0.39, 0.29) is 17.8 Å². The molecule has 1 aromatic rings. The normalized spacial score (nSPS) is 16.9. The van der Waals surface area contributed by atoms with Gasteiger partial charge < -0.3 is 9.64 Å². The summed E-state index contributed by atoms with van der Waals surface area (Å²) < 4.78 is 27.8. The summed E-state index contributed by atoms with van der Waals surface area (Å²) in [6, 6.07) is 8.93. The Hall–Kier alpha value is -1.56. The zero-order chi connectivity index (χ0) is 14.6. The van der Waals surface area contributed by atoms with Crippen LogP contribution in [0.25, 0.3) is 0 Å². The smallest absolute Gasteiger partial charge is 0.410 e. The second kappa shape index (κ2) is 6.26. The van der Waals surface area contributed by atoms with Crippen LogP contribution in [0, 0.1) is 5.92 Å². The predicted octanol–water partition coefficient (Wildman–Crippen LogP) is 1.94. The number of hydrogen-bond donors (Lipinski definition) is 0. The summed E-state index contributed by atoms with van der Waals surface area (Å²) in [5, 5.41) is 0. The van der Waals surface area contributed by atoms with Crippen molar-refractivity contribution < 1.29 is 17.9 Å². The molecule has 1 fully saturated rings. The SMILES string of the molecule is CS(=O)(=O)CC1CCN(C(=O)Oc2ccccc2)CC1. The lowest BCUT2D eigenvalue weighted by atomic mass is 9.99. The molecule has 0 aromatic heterocycles. The van der Waals surface area contributed by atoms with Crippen molar-refractivity contribution in [3.05, 3.63) is 30.3 Å². The van der Waals surface area contributed by atoms with Crippen molar-refractivity contribution in [2.24, 2.45) is 5.92 Å². The molecule has 1 amide bonds. The summed E-state index contributed by atoms with van der Waals surface area (Å²) in [4.78, 5) is 13.6. The van der Waals surface area contributed by atoms with E-state index in [4.69, 9.17) is 4.74 Å². The van der Waals surface area contributed by atoms with E-state index in [1.807, 2.05) is 6.07 Å². The van der Waals surface area contributed by atoms with Crippen molar-refractivity contribution in [3.8, 4) is 5.75 Å². The highest BCUT2D eigenvalue weighted by Crippen LogP contribution is 2.20. The van der Waals surface area contributed by atoms with Crippen LogP contribution in [0.1, 0.15) is 12.8 Å². The number of ether oxygens (including phenoxy) is 1. The quantitative estimate of drug-likeness (QED) is 0.855. The number of rotatable bonds is 3. The van der Waals surface area contributed by atoms with Crippen molar-refractivity contribution in [1.29, 1.82) is 0 Å². The summed E-state index contributed by atoms with van der Waals surface area (Å²) in [6.45, 7) is 1.09. The van der Waals surface area contributed by atoms with Crippen LogP contribution in [0.5, 0.6) is 5.75 Å². The Morgan fingerprint density at radius 3 is 2.40 bits per heavy atom. The Kier molecular flexibility index (Phi) is 4.65. The lowest BCUT2D eigenvalue weighted by Gasteiger charge is -2.30. The molecule has 0 atom stereocenters. The molecule has 0 spiro atoms. The number of carbonyl (C=O) groups is 1. The van der Waals surface area contributed by atoms with Crippen LogP contribution in [0.2, 0.25) is 0 Å². The molecule has 0 aliphatic carbocycles. The van der Waals surface area contributed by atoms with Gasteiger partial charge in [-0.3, -0.25) is 0 Å². The molecule has 1 aromatic carbocycles. The first-order chi connectivity index (χ1) is 9.44. The molecule has 6 heteroatoms. The number of carbonyl (C=O) groups excluding carboxylic acids is 1. The molecule has 1 heterocycles. The molecular formula is C14H19NO4S. The van der Waals surface area contributed by atoms with Gasteiger partial charge in [-0.1, -0.05) is 18.2 Å². The molecule has 110 valence electrons. The summed E-state index contributed by atoms with van der Waals surface area (Å²) in [5.41, 5.74) is 0. The first-order valence-corrected chi connectivity index (χ1v) is 8.69. The molecule has 0 saturated carbocycles. The van der Waals surface area contributed by atoms with Crippen LogP contribution in [0.15, 0.2) is 30.3 Å². The summed E-state index contributed by atoms with van der Waals surface area (Å²) in [5.74, 6) is 0.871. The van der Waals surface area contributed by atoms with Crippen molar-refractivity contribution >= 4 is 15.9 Å². The Bertz CT molecular complexity index is 548. The number of nitrogens with zero attached hydrogens (tertiary/aromatic N) is 1. The van der Waals surface area contributed by atoms with E-state index >= 15 is 0 Å². The average Bonchev–Trinajstić information content (AvgIpc) is 2.39. The van der Waals surface area contributed by atoms with Gasteiger partial charge in [0.1, 0.15) is 15.6 Å². The molecule has 0 N–H and O–H groups in total. The number of sulfone groups is 1. The molecule has 1 aliphatic rings. The fraction of sp³-hybridized carbons (Fsp3) is 0.500. The third kappa shape index (κ3) is 4.52.